The summed E-state index contributed by atoms with van der Waals surface area (Å²) < 4.78 is 17.2. The average molecular weight is 499 g/mol. The highest BCUT2D eigenvalue weighted by Gasteiger charge is 2.26. The number of carbonyl (C=O) groups excluding carboxylic acids is 1. The van der Waals surface area contributed by atoms with Crippen LogP contribution in [0.25, 0.3) is 0 Å². The van der Waals surface area contributed by atoms with Gasteiger partial charge in [0.15, 0.2) is 6.73 Å². The van der Waals surface area contributed by atoms with Gasteiger partial charge in [-0.25, -0.2) is 4.79 Å². The number of alkyl halides is 2. The lowest BCUT2D eigenvalue weighted by Gasteiger charge is -2.32. The SMILES string of the molecule is CCCCC(Cl)CCC(Cl)CCOC[N+](C)(C)CC(OC)OC(=O)c1ccccc1.[Cl-]. The van der Waals surface area contributed by atoms with Gasteiger partial charge in [-0.3, -0.25) is 0 Å². The standard InChI is InChI=1S/C23H38Cl2NO4.ClH/c1-5-6-12-20(24)13-14-21(25)15-16-29-18-26(2,3)17-22(28-4)30-23(27)19-10-8-7-9-11-19;/h7-11,20-22H,5-6,12-18H2,1-4H3;1H/q+1;/p-1. The number of ether oxygens (including phenoxy) is 3. The molecule has 0 bridgehead atoms. The van der Waals surface area contributed by atoms with Crippen molar-refractivity contribution in [2.45, 2.75) is 62.5 Å². The van der Waals surface area contributed by atoms with Gasteiger partial charge in [-0.2, -0.15) is 0 Å². The zero-order chi connectivity index (χ0) is 22.4. The number of nitrogens with zero attached hydrogens (tertiary/aromatic N) is 1. The van der Waals surface area contributed by atoms with Gasteiger partial charge in [0.2, 0.25) is 0 Å². The molecular weight excluding hydrogens is 461 g/mol. The number of hydrogen-bond donors (Lipinski definition) is 0. The molecule has 0 saturated heterocycles. The van der Waals surface area contributed by atoms with Crippen LogP contribution < -0.4 is 12.4 Å². The van der Waals surface area contributed by atoms with Crippen LogP contribution in [0.4, 0.5) is 0 Å². The predicted molar refractivity (Wildman–Crippen MR) is 123 cm³/mol. The fraction of sp³-hybridized carbons (Fsp3) is 0.696. The maximum absolute atomic E-state index is 12.2. The zero-order valence-corrected chi connectivity index (χ0v) is 21.5. The molecule has 0 amide bonds. The first-order chi connectivity index (χ1) is 14.3. The molecule has 0 aliphatic carbocycles. The summed E-state index contributed by atoms with van der Waals surface area (Å²) in [5.41, 5.74) is 0.503. The van der Waals surface area contributed by atoms with E-state index in [2.05, 4.69) is 6.92 Å². The molecule has 0 saturated carbocycles. The first-order valence-electron chi connectivity index (χ1n) is 10.7. The van der Waals surface area contributed by atoms with E-state index in [1.807, 2.05) is 20.2 Å². The Labute approximate surface area is 204 Å². The summed E-state index contributed by atoms with van der Waals surface area (Å²) in [5, 5.41) is 0.286. The summed E-state index contributed by atoms with van der Waals surface area (Å²) in [5.74, 6) is -0.398. The van der Waals surface area contributed by atoms with Gasteiger partial charge in [-0.15, -0.1) is 23.2 Å². The number of likely N-dealkylation sites (N-methyl/N-ethyl adjacent to an activating group) is 1. The van der Waals surface area contributed by atoms with Crippen molar-refractivity contribution >= 4 is 29.2 Å². The second-order valence-corrected chi connectivity index (χ2v) is 9.53. The van der Waals surface area contributed by atoms with Crippen LogP contribution in [-0.4, -0.2) is 68.6 Å². The number of hydrogen-bond acceptors (Lipinski definition) is 4. The molecule has 0 radical (unpaired) electrons. The highest BCUT2D eigenvalue weighted by molar-refractivity contribution is 6.21. The van der Waals surface area contributed by atoms with Gasteiger partial charge in [0.1, 0.15) is 6.54 Å². The smallest absolute Gasteiger partial charge is 0.340 e. The molecule has 31 heavy (non-hydrogen) atoms. The van der Waals surface area contributed by atoms with Crippen molar-refractivity contribution in [1.82, 2.24) is 0 Å². The lowest BCUT2D eigenvalue weighted by Crippen LogP contribution is -3.00. The largest absolute Gasteiger partial charge is 1.00 e. The molecule has 180 valence electrons. The number of quaternary nitrogens is 1. The number of carbonyl (C=O) groups is 1. The van der Waals surface area contributed by atoms with Crippen molar-refractivity contribution in [3.05, 3.63) is 35.9 Å². The minimum absolute atomic E-state index is 0. The van der Waals surface area contributed by atoms with Crippen molar-refractivity contribution in [3.63, 3.8) is 0 Å². The first kappa shape index (κ1) is 30.4. The Hall–Kier alpha value is -0.560. The third-order valence-corrected chi connectivity index (χ3v) is 5.71. The molecule has 0 spiro atoms. The average Bonchev–Trinajstić information content (AvgIpc) is 2.73. The van der Waals surface area contributed by atoms with E-state index in [4.69, 9.17) is 37.4 Å². The van der Waals surface area contributed by atoms with Crippen molar-refractivity contribution in [1.29, 1.82) is 0 Å². The molecule has 8 heteroatoms. The van der Waals surface area contributed by atoms with Gasteiger partial charge in [0.05, 0.1) is 26.3 Å². The molecule has 0 aliphatic rings. The Morgan fingerprint density at radius 1 is 1.03 bits per heavy atom. The van der Waals surface area contributed by atoms with E-state index in [0.717, 1.165) is 25.7 Å². The number of benzene rings is 1. The third-order valence-electron chi connectivity index (χ3n) is 4.83. The number of methoxy groups -OCH3 is 1. The van der Waals surface area contributed by atoms with E-state index >= 15 is 0 Å². The lowest BCUT2D eigenvalue weighted by atomic mass is 10.1. The third kappa shape index (κ3) is 14.3. The Balaban J connectivity index is 0.00000900. The second-order valence-electron chi connectivity index (χ2n) is 8.30. The van der Waals surface area contributed by atoms with Crippen molar-refractivity contribution in [3.8, 4) is 0 Å². The van der Waals surface area contributed by atoms with Crippen LogP contribution in [0, 0.1) is 0 Å². The van der Waals surface area contributed by atoms with E-state index in [-0.39, 0.29) is 23.2 Å². The van der Waals surface area contributed by atoms with Crippen molar-refractivity contribution in [2.75, 3.05) is 41.1 Å². The topological polar surface area (TPSA) is 44.8 Å². The molecule has 1 aromatic carbocycles. The Morgan fingerprint density at radius 2 is 1.65 bits per heavy atom. The molecule has 0 aliphatic heterocycles. The van der Waals surface area contributed by atoms with Crippen LogP contribution in [0.3, 0.4) is 0 Å². The Kier molecular flexibility index (Phi) is 16.7. The molecule has 0 fully saturated rings. The summed E-state index contributed by atoms with van der Waals surface area (Å²) in [6.45, 7) is 3.71. The van der Waals surface area contributed by atoms with E-state index in [1.165, 1.54) is 20.0 Å². The van der Waals surface area contributed by atoms with E-state index in [9.17, 15) is 4.79 Å². The fourth-order valence-corrected chi connectivity index (χ4v) is 3.47. The summed E-state index contributed by atoms with van der Waals surface area (Å²) >= 11 is 12.7. The monoisotopic (exact) mass is 497 g/mol. The van der Waals surface area contributed by atoms with E-state index in [0.29, 0.717) is 29.9 Å². The van der Waals surface area contributed by atoms with Gasteiger partial charge in [0, 0.05) is 17.9 Å². The maximum Gasteiger partial charge on any atom is 0.340 e. The number of unbranched alkanes of at least 4 members (excludes halogenated alkanes) is 1. The fourth-order valence-electron chi connectivity index (χ4n) is 2.98. The van der Waals surface area contributed by atoms with Crippen LogP contribution in [0.1, 0.15) is 55.8 Å². The van der Waals surface area contributed by atoms with Crippen molar-refractivity contribution in [2.24, 2.45) is 0 Å². The van der Waals surface area contributed by atoms with Crippen LogP contribution in [0.2, 0.25) is 0 Å². The first-order valence-corrected chi connectivity index (χ1v) is 11.6. The quantitative estimate of drug-likeness (QED) is 0.115. The summed E-state index contributed by atoms with van der Waals surface area (Å²) in [6.07, 6.45) is 5.38. The summed E-state index contributed by atoms with van der Waals surface area (Å²) in [7, 11) is 5.55. The second kappa shape index (κ2) is 17.0. The predicted octanol–water partition coefficient (Wildman–Crippen LogP) is 2.45. The van der Waals surface area contributed by atoms with Crippen LogP contribution in [0.15, 0.2) is 30.3 Å². The maximum atomic E-state index is 12.2. The molecule has 3 atom stereocenters. The summed E-state index contributed by atoms with van der Waals surface area (Å²) in [6, 6.07) is 8.89. The minimum atomic E-state index is -0.652. The van der Waals surface area contributed by atoms with E-state index in [1.54, 1.807) is 24.3 Å². The Morgan fingerprint density at radius 3 is 2.23 bits per heavy atom. The van der Waals surface area contributed by atoms with Crippen LogP contribution >= 0.6 is 23.2 Å². The zero-order valence-electron chi connectivity index (χ0n) is 19.2. The highest BCUT2D eigenvalue weighted by atomic mass is 35.5. The number of esters is 1. The molecule has 1 aromatic rings. The van der Waals surface area contributed by atoms with Gasteiger partial charge < -0.3 is 31.1 Å². The highest BCUT2D eigenvalue weighted by Crippen LogP contribution is 2.19. The lowest BCUT2D eigenvalue weighted by molar-refractivity contribution is -0.914. The molecule has 1 rings (SSSR count). The minimum Gasteiger partial charge on any atom is -1.00 e. The van der Waals surface area contributed by atoms with E-state index < -0.39 is 12.3 Å². The normalized spacial score (nSPS) is 14.4. The van der Waals surface area contributed by atoms with Gasteiger partial charge in [-0.1, -0.05) is 38.0 Å². The number of halogens is 3. The van der Waals surface area contributed by atoms with Gasteiger partial charge in [0.25, 0.3) is 6.29 Å². The number of rotatable bonds is 16. The molecule has 5 nitrogen and oxygen atoms in total. The van der Waals surface area contributed by atoms with Crippen LogP contribution in [-0.2, 0) is 14.2 Å². The molecular formula is C23H38Cl3NO4. The van der Waals surface area contributed by atoms with Crippen LogP contribution in [0.5, 0.6) is 0 Å². The van der Waals surface area contributed by atoms with Gasteiger partial charge >= 0.3 is 5.97 Å². The summed E-state index contributed by atoms with van der Waals surface area (Å²) in [4.78, 5) is 12.2. The molecule has 0 N–H and O–H groups in total. The molecule has 3 unspecified atom stereocenters. The van der Waals surface area contributed by atoms with Gasteiger partial charge in [-0.05, 0) is 37.8 Å². The molecule has 0 heterocycles. The van der Waals surface area contributed by atoms with Crippen molar-refractivity contribution < 1.29 is 35.9 Å². The molecule has 0 aromatic heterocycles. The Bertz CT molecular complexity index is 589.